The summed E-state index contributed by atoms with van der Waals surface area (Å²) in [7, 11) is 0. The lowest BCUT2D eigenvalue weighted by Crippen LogP contribution is -2.42. The van der Waals surface area contributed by atoms with Crippen LogP contribution in [-0.2, 0) is 6.54 Å². The molecule has 0 saturated carbocycles. The zero-order valence-corrected chi connectivity index (χ0v) is 15.8. The van der Waals surface area contributed by atoms with Gasteiger partial charge in [0, 0.05) is 36.5 Å². The first kappa shape index (κ1) is 17.7. The molecule has 1 amide bonds. The van der Waals surface area contributed by atoms with Crippen LogP contribution in [0.3, 0.4) is 0 Å². The molecule has 3 aromatic rings. The van der Waals surface area contributed by atoms with Crippen molar-refractivity contribution >= 4 is 16.8 Å². The Labute approximate surface area is 160 Å². The number of carbonyl (C=O) groups excluding carboxylic acids is 1. The molecule has 2 aromatic carbocycles. The number of nitrogens with zero attached hydrogens (tertiary/aromatic N) is 2. The van der Waals surface area contributed by atoms with E-state index in [0.29, 0.717) is 12.5 Å². The van der Waals surface area contributed by atoms with Gasteiger partial charge in [-0.25, -0.2) is 0 Å². The number of likely N-dealkylation sites (tertiary alicyclic amines) is 1. The standard InChI is InChI=1S/C23H26N2O2/c1-2-25-21-13-7-6-10-19(21)15-22(25)23(26)24-14-8-9-18(16-24)17-27-20-11-4-3-5-12-20/h3-7,10-13,15,18H,2,8-9,14,16-17H2,1H3. The number of carbonyl (C=O) groups is 1. The first-order chi connectivity index (χ1) is 13.3. The maximum Gasteiger partial charge on any atom is 0.270 e. The molecule has 0 spiro atoms. The van der Waals surface area contributed by atoms with E-state index in [9.17, 15) is 4.79 Å². The molecule has 1 saturated heterocycles. The lowest BCUT2D eigenvalue weighted by Gasteiger charge is -2.32. The van der Waals surface area contributed by atoms with Crippen molar-refractivity contribution in [3.8, 4) is 5.75 Å². The van der Waals surface area contributed by atoms with E-state index in [0.717, 1.165) is 54.8 Å². The minimum absolute atomic E-state index is 0.137. The number of hydrogen-bond donors (Lipinski definition) is 0. The second-order valence-electron chi connectivity index (χ2n) is 7.22. The van der Waals surface area contributed by atoms with Crippen molar-refractivity contribution in [3.63, 3.8) is 0 Å². The molecule has 0 bridgehead atoms. The van der Waals surface area contributed by atoms with Crippen molar-refractivity contribution in [3.05, 3.63) is 66.4 Å². The van der Waals surface area contributed by atoms with E-state index >= 15 is 0 Å². The van der Waals surface area contributed by atoms with Gasteiger partial charge in [-0.3, -0.25) is 4.79 Å². The van der Waals surface area contributed by atoms with Gasteiger partial charge in [0.15, 0.2) is 0 Å². The first-order valence-electron chi connectivity index (χ1n) is 9.81. The lowest BCUT2D eigenvalue weighted by molar-refractivity contribution is 0.0623. The SMILES string of the molecule is CCn1c(C(=O)N2CCCC(COc3ccccc3)C2)cc2ccccc21. The molecule has 1 fully saturated rings. The Morgan fingerprint density at radius 1 is 1.11 bits per heavy atom. The predicted molar refractivity (Wildman–Crippen MR) is 108 cm³/mol. The van der Waals surface area contributed by atoms with Crippen LogP contribution in [0, 0.1) is 5.92 Å². The van der Waals surface area contributed by atoms with Crippen molar-refractivity contribution in [2.75, 3.05) is 19.7 Å². The third-order valence-corrected chi connectivity index (χ3v) is 5.38. The summed E-state index contributed by atoms with van der Waals surface area (Å²) in [5, 5.41) is 1.13. The van der Waals surface area contributed by atoms with Crippen LogP contribution >= 0.6 is 0 Å². The Bertz CT molecular complexity index is 917. The van der Waals surface area contributed by atoms with Crippen LogP contribution in [0.15, 0.2) is 60.7 Å². The van der Waals surface area contributed by atoms with Gasteiger partial charge in [-0.2, -0.15) is 0 Å². The number of para-hydroxylation sites is 2. The molecule has 0 aliphatic carbocycles. The van der Waals surface area contributed by atoms with Gasteiger partial charge in [0.2, 0.25) is 0 Å². The molecule has 1 aliphatic rings. The Morgan fingerprint density at radius 2 is 1.89 bits per heavy atom. The molecular formula is C23H26N2O2. The minimum atomic E-state index is 0.137. The quantitative estimate of drug-likeness (QED) is 0.665. The smallest absolute Gasteiger partial charge is 0.270 e. The number of hydrogen-bond acceptors (Lipinski definition) is 2. The molecule has 0 radical (unpaired) electrons. The van der Waals surface area contributed by atoms with Crippen LogP contribution in [-0.4, -0.2) is 35.1 Å². The third-order valence-electron chi connectivity index (χ3n) is 5.38. The zero-order chi connectivity index (χ0) is 18.6. The van der Waals surface area contributed by atoms with Gasteiger partial charge in [0.05, 0.1) is 6.61 Å². The van der Waals surface area contributed by atoms with Crippen LogP contribution in [0.5, 0.6) is 5.75 Å². The Hall–Kier alpha value is -2.75. The number of fused-ring (bicyclic) bond motifs is 1. The number of aromatic nitrogens is 1. The lowest BCUT2D eigenvalue weighted by atomic mass is 9.98. The summed E-state index contributed by atoms with van der Waals surface area (Å²) in [5.41, 5.74) is 1.92. The average molecular weight is 362 g/mol. The van der Waals surface area contributed by atoms with E-state index in [-0.39, 0.29) is 5.91 Å². The average Bonchev–Trinajstić information content (AvgIpc) is 3.11. The Kier molecular flexibility index (Phi) is 5.14. The second kappa shape index (κ2) is 7.87. The van der Waals surface area contributed by atoms with E-state index in [4.69, 9.17) is 4.74 Å². The molecule has 140 valence electrons. The maximum absolute atomic E-state index is 13.2. The highest BCUT2D eigenvalue weighted by Crippen LogP contribution is 2.24. The van der Waals surface area contributed by atoms with Crippen LogP contribution in [0.1, 0.15) is 30.3 Å². The van der Waals surface area contributed by atoms with Crippen molar-refractivity contribution < 1.29 is 9.53 Å². The van der Waals surface area contributed by atoms with Gasteiger partial charge in [0.1, 0.15) is 11.4 Å². The summed E-state index contributed by atoms with van der Waals surface area (Å²) in [6.07, 6.45) is 2.13. The van der Waals surface area contributed by atoms with Crippen LogP contribution in [0.25, 0.3) is 10.9 Å². The number of ether oxygens (including phenoxy) is 1. The molecule has 1 aliphatic heterocycles. The summed E-state index contributed by atoms with van der Waals surface area (Å²) in [4.78, 5) is 15.2. The predicted octanol–water partition coefficient (Wildman–Crippen LogP) is 4.59. The van der Waals surface area contributed by atoms with Gasteiger partial charge < -0.3 is 14.2 Å². The summed E-state index contributed by atoms with van der Waals surface area (Å²) in [6.45, 7) is 5.13. The molecule has 4 nitrogen and oxygen atoms in total. The summed E-state index contributed by atoms with van der Waals surface area (Å²) in [5.74, 6) is 1.41. The van der Waals surface area contributed by atoms with E-state index < -0.39 is 0 Å². The normalized spacial score (nSPS) is 17.2. The molecular weight excluding hydrogens is 336 g/mol. The number of rotatable bonds is 5. The topological polar surface area (TPSA) is 34.5 Å². The highest BCUT2D eigenvalue weighted by atomic mass is 16.5. The van der Waals surface area contributed by atoms with Gasteiger partial charge in [-0.15, -0.1) is 0 Å². The highest BCUT2D eigenvalue weighted by Gasteiger charge is 2.27. The van der Waals surface area contributed by atoms with Crippen LogP contribution < -0.4 is 4.74 Å². The van der Waals surface area contributed by atoms with Crippen molar-refractivity contribution in [2.24, 2.45) is 5.92 Å². The summed E-state index contributed by atoms with van der Waals surface area (Å²) < 4.78 is 8.06. The van der Waals surface area contributed by atoms with E-state index in [2.05, 4.69) is 23.6 Å². The zero-order valence-electron chi connectivity index (χ0n) is 15.8. The molecule has 4 heteroatoms. The largest absolute Gasteiger partial charge is 0.493 e. The van der Waals surface area contributed by atoms with E-state index in [1.165, 1.54) is 0 Å². The number of aryl methyl sites for hydroxylation is 1. The monoisotopic (exact) mass is 362 g/mol. The summed E-state index contributed by atoms with van der Waals surface area (Å²) in [6, 6.07) is 20.1. The van der Waals surface area contributed by atoms with Crippen LogP contribution in [0.4, 0.5) is 0 Å². The van der Waals surface area contributed by atoms with Gasteiger partial charge in [-0.05, 0) is 44.0 Å². The molecule has 2 heterocycles. The van der Waals surface area contributed by atoms with Crippen molar-refractivity contribution in [1.82, 2.24) is 9.47 Å². The second-order valence-corrected chi connectivity index (χ2v) is 7.22. The van der Waals surface area contributed by atoms with Crippen LogP contribution in [0.2, 0.25) is 0 Å². The van der Waals surface area contributed by atoms with Crippen molar-refractivity contribution in [1.29, 1.82) is 0 Å². The van der Waals surface area contributed by atoms with E-state index in [1.54, 1.807) is 0 Å². The fraction of sp³-hybridized carbons (Fsp3) is 0.348. The molecule has 0 N–H and O–H groups in total. The Balaban J connectivity index is 1.47. The third kappa shape index (κ3) is 3.70. The molecule has 4 rings (SSSR count). The van der Waals surface area contributed by atoms with Gasteiger partial charge >= 0.3 is 0 Å². The van der Waals surface area contributed by atoms with E-state index in [1.807, 2.05) is 53.4 Å². The fourth-order valence-electron chi connectivity index (χ4n) is 4.01. The Morgan fingerprint density at radius 3 is 2.70 bits per heavy atom. The molecule has 1 aromatic heterocycles. The minimum Gasteiger partial charge on any atom is -0.493 e. The number of benzene rings is 2. The first-order valence-corrected chi connectivity index (χ1v) is 9.81. The number of amides is 1. The summed E-state index contributed by atoms with van der Waals surface area (Å²) >= 11 is 0. The fourth-order valence-corrected chi connectivity index (χ4v) is 4.01. The molecule has 1 atom stereocenters. The van der Waals surface area contributed by atoms with Gasteiger partial charge in [-0.1, -0.05) is 36.4 Å². The molecule has 1 unspecified atom stereocenters. The highest BCUT2D eigenvalue weighted by molar-refractivity contribution is 5.98. The molecule has 27 heavy (non-hydrogen) atoms. The maximum atomic E-state index is 13.2. The number of piperidine rings is 1. The van der Waals surface area contributed by atoms with Gasteiger partial charge in [0.25, 0.3) is 5.91 Å². The van der Waals surface area contributed by atoms with Crippen molar-refractivity contribution in [2.45, 2.75) is 26.3 Å².